The zero-order chi connectivity index (χ0) is 20.9. The summed E-state index contributed by atoms with van der Waals surface area (Å²) in [6.07, 6.45) is 6.81. The number of ether oxygens (including phenoxy) is 1. The zero-order valence-corrected chi connectivity index (χ0v) is 18.1. The summed E-state index contributed by atoms with van der Waals surface area (Å²) in [5.41, 5.74) is 17.9. The topological polar surface area (TPSA) is 103 Å². The van der Waals surface area contributed by atoms with E-state index in [1.54, 1.807) is 18.4 Å². The first-order valence-electron chi connectivity index (χ1n) is 10.2. The van der Waals surface area contributed by atoms with Crippen molar-refractivity contribution in [2.45, 2.75) is 37.8 Å². The molecule has 1 atom stereocenters. The number of aryl methyl sites for hydroxylation is 1. The van der Waals surface area contributed by atoms with Crippen molar-refractivity contribution in [1.29, 1.82) is 0 Å². The maximum absolute atomic E-state index is 6.98. The van der Waals surface area contributed by atoms with E-state index >= 15 is 0 Å². The van der Waals surface area contributed by atoms with E-state index < -0.39 is 5.54 Å². The molecule has 3 aromatic heterocycles. The molecule has 1 saturated heterocycles. The summed E-state index contributed by atoms with van der Waals surface area (Å²) in [5, 5.41) is 2.05. The van der Waals surface area contributed by atoms with Gasteiger partial charge >= 0.3 is 0 Å². The molecule has 1 aliphatic heterocycles. The molecule has 3 aromatic rings. The minimum Gasteiger partial charge on any atom is -0.398 e. The first kappa shape index (κ1) is 19.4. The van der Waals surface area contributed by atoms with Gasteiger partial charge in [0.05, 0.1) is 33.2 Å². The molecule has 2 aliphatic rings. The second-order valence-electron chi connectivity index (χ2n) is 8.20. The minimum absolute atomic E-state index is 0.308. The number of pyridine rings is 1. The lowest BCUT2D eigenvalue weighted by atomic mass is 9.82. The van der Waals surface area contributed by atoms with Gasteiger partial charge in [-0.1, -0.05) is 6.08 Å². The van der Waals surface area contributed by atoms with E-state index in [0.29, 0.717) is 12.5 Å². The number of thiophene rings is 1. The van der Waals surface area contributed by atoms with Crippen LogP contribution in [0.1, 0.15) is 35.5 Å². The van der Waals surface area contributed by atoms with Gasteiger partial charge in [-0.3, -0.25) is 4.98 Å². The molecule has 0 spiro atoms. The normalized spacial score (nSPS) is 21.9. The highest BCUT2D eigenvalue weighted by Crippen LogP contribution is 2.38. The van der Waals surface area contributed by atoms with E-state index in [1.165, 1.54) is 0 Å². The average molecular weight is 423 g/mol. The lowest BCUT2D eigenvalue weighted by Crippen LogP contribution is -2.41. The van der Waals surface area contributed by atoms with Gasteiger partial charge in [-0.15, -0.1) is 11.3 Å². The van der Waals surface area contributed by atoms with Gasteiger partial charge in [0.25, 0.3) is 0 Å². The van der Waals surface area contributed by atoms with Crippen molar-refractivity contribution in [2.24, 2.45) is 5.73 Å². The quantitative estimate of drug-likeness (QED) is 0.669. The van der Waals surface area contributed by atoms with Crippen LogP contribution in [0.5, 0.6) is 0 Å². The van der Waals surface area contributed by atoms with Crippen LogP contribution in [-0.2, 0) is 16.7 Å². The van der Waals surface area contributed by atoms with Gasteiger partial charge in [-0.2, -0.15) is 0 Å². The number of aromatic nitrogens is 3. The molecule has 0 radical (unpaired) electrons. The molecule has 4 heterocycles. The Morgan fingerprint density at radius 1 is 1.23 bits per heavy atom. The van der Waals surface area contributed by atoms with Crippen molar-refractivity contribution in [1.82, 2.24) is 15.0 Å². The number of nitrogen functional groups attached to an aromatic ring is 1. The van der Waals surface area contributed by atoms with Crippen molar-refractivity contribution in [2.75, 3.05) is 30.8 Å². The zero-order valence-electron chi connectivity index (χ0n) is 17.3. The summed E-state index contributed by atoms with van der Waals surface area (Å²) in [7, 11) is 1.78. The van der Waals surface area contributed by atoms with E-state index in [1.807, 2.05) is 36.6 Å². The Kier molecular flexibility index (Phi) is 4.72. The summed E-state index contributed by atoms with van der Waals surface area (Å²) in [6, 6.07) is 3.95. The third-order valence-electron chi connectivity index (χ3n) is 6.12. The van der Waals surface area contributed by atoms with Gasteiger partial charge in [-0.05, 0) is 43.4 Å². The fourth-order valence-corrected chi connectivity index (χ4v) is 5.34. The first-order chi connectivity index (χ1) is 14.5. The molecule has 1 aliphatic carbocycles. The molecular weight excluding hydrogens is 396 g/mol. The highest BCUT2D eigenvalue weighted by atomic mass is 32.1. The average Bonchev–Trinajstić information content (AvgIpc) is 3.22. The largest absolute Gasteiger partial charge is 0.398 e. The molecule has 0 saturated carbocycles. The number of hydrogen-bond acceptors (Lipinski definition) is 8. The summed E-state index contributed by atoms with van der Waals surface area (Å²) in [4.78, 5) is 16.7. The minimum atomic E-state index is -0.760. The molecule has 1 unspecified atom stereocenters. The van der Waals surface area contributed by atoms with Crippen LogP contribution >= 0.6 is 11.3 Å². The number of methoxy groups -OCH3 is 1. The van der Waals surface area contributed by atoms with E-state index in [9.17, 15) is 0 Å². The summed E-state index contributed by atoms with van der Waals surface area (Å²) >= 11 is 1.63. The summed E-state index contributed by atoms with van der Waals surface area (Å²) in [6.45, 7) is 3.70. The number of hydrogen-bond donors (Lipinski definition) is 2. The van der Waals surface area contributed by atoms with Crippen molar-refractivity contribution in [3.8, 4) is 0 Å². The number of fused-ring (bicyclic) bond motifs is 2. The Labute approximate surface area is 179 Å². The number of rotatable bonds is 3. The molecule has 156 valence electrons. The van der Waals surface area contributed by atoms with Gasteiger partial charge < -0.3 is 21.1 Å². The highest BCUT2D eigenvalue weighted by Gasteiger charge is 2.35. The Balaban J connectivity index is 1.57. The van der Waals surface area contributed by atoms with Gasteiger partial charge in [0.2, 0.25) is 5.95 Å². The fourth-order valence-electron chi connectivity index (χ4n) is 4.42. The van der Waals surface area contributed by atoms with Crippen LogP contribution in [0.4, 0.5) is 11.6 Å². The molecule has 7 nitrogen and oxygen atoms in total. The first-order valence-corrected chi connectivity index (χ1v) is 11.1. The Morgan fingerprint density at radius 3 is 2.80 bits per heavy atom. The molecule has 0 bridgehead atoms. The van der Waals surface area contributed by atoms with Crippen LogP contribution in [0.2, 0.25) is 0 Å². The Morgan fingerprint density at radius 2 is 2.03 bits per heavy atom. The van der Waals surface area contributed by atoms with Gasteiger partial charge in [-0.25, -0.2) is 9.97 Å². The number of nitrogens with zero attached hydrogens (tertiary/aromatic N) is 4. The number of anilines is 2. The van der Waals surface area contributed by atoms with Crippen LogP contribution in [0.15, 0.2) is 23.6 Å². The maximum Gasteiger partial charge on any atom is 0.226 e. The maximum atomic E-state index is 6.98. The third-order valence-corrected chi connectivity index (χ3v) is 7.03. The molecular formula is C22H26N6OS. The lowest BCUT2D eigenvalue weighted by Gasteiger charge is -2.34. The van der Waals surface area contributed by atoms with E-state index in [-0.39, 0.29) is 0 Å². The van der Waals surface area contributed by atoms with Crippen LogP contribution in [0.25, 0.3) is 16.3 Å². The predicted molar refractivity (Wildman–Crippen MR) is 122 cm³/mol. The van der Waals surface area contributed by atoms with Crippen molar-refractivity contribution in [3.63, 3.8) is 0 Å². The van der Waals surface area contributed by atoms with E-state index in [0.717, 1.165) is 70.4 Å². The predicted octanol–water partition coefficient (Wildman–Crippen LogP) is 3.02. The highest BCUT2D eigenvalue weighted by molar-refractivity contribution is 7.17. The monoisotopic (exact) mass is 422 g/mol. The van der Waals surface area contributed by atoms with E-state index in [4.69, 9.17) is 26.2 Å². The molecule has 1 fully saturated rings. The third kappa shape index (κ3) is 3.25. The van der Waals surface area contributed by atoms with Crippen LogP contribution in [0.3, 0.4) is 0 Å². The van der Waals surface area contributed by atoms with Gasteiger partial charge in [0, 0.05) is 43.6 Å². The Bertz CT molecular complexity index is 1130. The summed E-state index contributed by atoms with van der Waals surface area (Å²) in [5.74, 6) is 0.740. The van der Waals surface area contributed by atoms with Crippen molar-refractivity contribution in [3.05, 3.63) is 46.2 Å². The standard InChI is InChI=1S/C22H26N6OS/c1-13-11-16(23)15-12-22(24,7-3-17(15)25-13)20-19-18(6-10-30-19)26-21(27-20)28-8-4-14(29-2)5-9-28/h3,6-7,10-11,14H,4-5,8-9,12,24H2,1-2H3,(H2,23,25). The van der Waals surface area contributed by atoms with Gasteiger partial charge in [0.15, 0.2) is 0 Å². The Hall–Kier alpha value is -2.55. The fraction of sp³-hybridized carbons (Fsp3) is 0.409. The van der Waals surface area contributed by atoms with Crippen LogP contribution in [-0.4, -0.2) is 41.3 Å². The molecule has 4 N–H and O–H groups in total. The van der Waals surface area contributed by atoms with Gasteiger partial charge in [0.1, 0.15) is 0 Å². The van der Waals surface area contributed by atoms with E-state index in [2.05, 4.69) is 9.88 Å². The molecule has 0 aromatic carbocycles. The second-order valence-corrected chi connectivity index (χ2v) is 9.11. The summed E-state index contributed by atoms with van der Waals surface area (Å²) < 4.78 is 6.54. The van der Waals surface area contributed by atoms with Crippen molar-refractivity contribution < 1.29 is 4.74 Å². The molecule has 30 heavy (non-hydrogen) atoms. The van der Waals surface area contributed by atoms with Crippen LogP contribution in [0, 0.1) is 6.92 Å². The van der Waals surface area contributed by atoms with Crippen LogP contribution < -0.4 is 16.4 Å². The smallest absolute Gasteiger partial charge is 0.226 e. The SMILES string of the molecule is COC1CCN(c2nc(C3(N)C=Cc4nc(C)cc(N)c4C3)c3sccc3n2)CC1. The molecule has 0 amide bonds. The van der Waals surface area contributed by atoms with Crippen molar-refractivity contribution >= 4 is 39.3 Å². The second kappa shape index (κ2) is 7.30. The molecule has 5 rings (SSSR count). The number of nitrogens with two attached hydrogens (primary N) is 2. The number of piperidine rings is 1. The molecule has 8 heteroatoms. The lowest BCUT2D eigenvalue weighted by molar-refractivity contribution is 0.0816.